The number of Topliss-reactive ketones (excluding diaryl/α,β-unsaturated/α-hetero) is 2. The van der Waals surface area contributed by atoms with Gasteiger partial charge in [0.05, 0.1) is 10.8 Å². The van der Waals surface area contributed by atoms with Gasteiger partial charge in [-0.25, -0.2) is 4.98 Å². The van der Waals surface area contributed by atoms with E-state index in [2.05, 4.69) is 19.9 Å². The Labute approximate surface area is 221 Å². The highest BCUT2D eigenvalue weighted by molar-refractivity contribution is 8.00. The highest BCUT2D eigenvalue weighted by Crippen LogP contribution is 2.78. The van der Waals surface area contributed by atoms with Crippen LogP contribution in [0, 0.1) is 45.8 Å². The first-order valence-electron chi connectivity index (χ1n) is 15.0. The average molecular weight is 506 g/mol. The molecule has 7 rings (SSSR count). The maximum absolute atomic E-state index is 13.9. The van der Waals surface area contributed by atoms with E-state index < -0.39 is 0 Å². The maximum atomic E-state index is 13.9. The Balaban J connectivity index is 1.12. The summed E-state index contributed by atoms with van der Waals surface area (Å²) < 4.78 is 0. The molecule has 7 unspecified atom stereocenters. The van der Waals surface area contributed by atoms with Crippen molar-refractivity contribution in [2.75, 3.05) is 5.75 Å². The summed E-state index contributed by atoms with van der Waals surface area (Å²) in [4.78, 5) is 30.9. The van der Waals surface area contributed by atoms with Crippen LogP contribution in [-0.2, 0) is 22.4 Å². The fraction of sp³-hybridized carbons (Fsp3) is 0.781. The third-order valence-corrected chi connectivity index (χ3v) is 13.6. The molecule has 0 radical (unpaired) electrons. The van der Waals surface area contributed by atoms with Gasteiger partial charge in [0.15, 0.2) is 0 Å². The summed E-state index contributed by atoms with van der Waals surface area (Å²) in [6, 6.07) is 2.19. The molecular formula is C32H43NO2S. The molecule has 0 N–H and O–H groups in total. The molecule has 1 aromatic heterocycles. The summed E-state index contributed by atoms with van der Waals surface area (Å²) >= 11 is 1.73. The summed E-state index contributed by atoms with van der Waals surface area (Å²) in [5, 5.41) is 1.13. The number of rotatable bonds is 4. The molecule has 4 heteroatoms. The van der Waals surface area contributed by atoms with Gasteiger partial charge in [-0.3, -0.25) is 9.59 Å². The lowest BCUT2D eigenvalue weighted by atomic mass is 9.41. The first-order chi connectivity index (χ1) is 17.3. The molecule has 1 spiro atoms. The van der Waals surface area contributed by atoms with E-state index in [0.29, 0.717) is 40.0 Å². The Bertz CT molecular complexity index is 1090. The molecule has 194 valence electrons. The van der Waals surface area contributed by atoms with Crippen LogP contribution in [0.4, 0.5) is 0 Å². The van der Waals surface area contributed by atoms with Crippen LogP contribution >= 0.6 is 11.8 Å². The fourth-order valence-electron chi connectivity index (χ4n) is 11.0. The predicted molar refractivity (Wildman–Crippen MR) is 144 cm³/mol. The highest BCUT2D eigenvalue weighted by Gasteiger charge is 2.71. The summed E-state index contributed by atoms with van der Waals surface area (Å²) in [6.45, 7) is 5.10. The largest absolute Gasteiger partial charge is 0.300 e. The molecule has 0 aromatic carbocycles. The van der Waals surface area contributed by atoms with Crippen LogP contribution in [-0.4, -0.2) is 22.3 Å². The number of aryl methyl sites for hydroxylation is 1. The Morgan fingerprint density at radius 2 is 1.86 bits per heavy atom. The van der Waals surface area contributed by atoms with Gasteiger partial charge >= 0.3 is 0 Å². The molecule has 6 aliphatic rings. The number of ketones is 2. The van der Waals surface area contributed by atoms with Gasteiger partial charge in [-0.1, -0.05) is 25.6 Å². The van der Waals surface area contributed by atoms with E-state index in [-0.39, 0.29) is 11.3 Å². The van der Waals surface area contributed by atoms with Crippen LogP contribution in [0.5, 0.6) is 0 Å². The van der Waals surface area contributed by atoms with E-state index in [9.17, 15) is 9.59 Å². The van der Waals surface area contributed by atoms with Crippen LogP contribution in [0.1, 0.15) is 102 Å². The molecule has 0 bridgehead atoms. The molecule has 5 saturated carbocycles. The minimum Gasteiger partial charge on any atom is -0.300 e. The SMILES string of the molecule is CC12CC3(CC3)C3C(CCC4CC(=O)CCC43C)C1CCC2C(=O)CSc1nccc2c1CCCC2. The highest BCUT2D eigenvalue weighted by atomic mass is 32.2. The maximum Gasteiger partial charge on any atom is 0.146 e. The van der Waals surface area contributed by atoms with Crippen molar-refractivity contribution in [3.05, 3.63) is 23.4 Å². The van der Waals surface area contributed by atoms with E-state index in [1.165, 1.54) is 68.9 Å². The van der Waals surface area contributed by atoms with Crippen molar-refractivity contribution in [1.29, 1.82) is 0 Å². The zero-order chi connectivity index (χ0) is 24.7. The molecular weight excluding hydrogens is 462 g/mol. The van der Waals surface area contributed by atoms with Gasteiger partial charge in [-0.15, -0.1) is 0 Å². The quantitative estimate of drug-likeness (QED) is 0.405. The molecule has 1 aromatic rings. The van der Waals surface area contributed by atoms with Crippen molar-refractivity contribution < 1.29 is 9.59 Å². The third-order valence-electron chi connectivity index (χ3n) is 12.5. The second kappa shape index (κ2) is 8.42. The van der Waals surface area contributed by atoms with E-state index in [0.717, 1.165) is 49.0 Å². The van der Waals surface area contributed by atoms with Gasteiger partial charge in [0.1, 0.15) is 11.6 Å². The van der Waals surface area contributed by atoms with Gasteiger partial charge in [0, 0.05) is 25.0 Å². The number of fused-ring (bicyclic) bond motifs is 7. The van der Waals surface area contributed by atoms with Crippen molar-refractivity contribution in [3.8, 4) is 0 Å². The molecule has 36 heavy (non-hydrogen) atoms. The predicted octanol–water partition coefficient (Wildman–Crippen LogP) is 7.24. The molecule has 5 fully saturated rings. The van der Waals surface area contributed by atoms with E-state index in [4.69, 9.17) is 4.98 Å². The lowest BCUT2D eigenvalue weighted by Gasteiger charge is -2.63. The van der Waals surface area contributed by atoms with Gasteiger partial charge in [0.2, 0.25) is 0 Å². The fourth-order valence-corrected chi connectivity index (χ4v) is 12.0. The number of thioether (sulfide) groups is 1. The summed E-state index contributed by atoms with van der Waals surface area (Å²) in [6.07, 6.45) is 18.4. The number of pyridine rings is 1. The van der Waals surface area contributed by atoms with Crippen molar-refractivity contribution >= 4 is 23.3 Å². The minimum atomic E-state index is 0.173. The third kappa shape index (κ3) is 3.48. The van der Waals surface area contributed by atoms with Crippen molar-refractivity contribution in [2.24, 2.45) is 45.8 Å². The second-order valence-electron chi connectivity index (χ2n) is 14.2. The number of carbonyl (C=O) groups is 2. The molecule has 0 saturated heterocycles. The summed E-state index contributed by atoms with van der Waals surface area (Å²) in [5.74, 6) is 4.71. The molecule has 7 atom stereocenters. The van der Waals surface area contributed by atoms with Gasteiger partial charge in [-0.2, -0.15) is 0 Å². The molecule has 6 aliphatic carbocycles. The van der Waals surface area contributed by atoms with Gasteiger partial charge < -0.3 is 0 Å². The van der Waals surface area contributed by atoms with Crippen LogP contribution in [0.3, 0.4) is 0 Å². The number of aromatic nitrogens is 1. The first-order valence-corrected chi connectivity index (χ1v) is 16.0. The van der Waals surface area contributed by atoms with Crippen molar-refractivity contribution in [1.82, 2.24) is 4.98 Å². The van der Waals surface area contributed by atoms with E-state index in [1.54, 1.807) is 11.8 Å². The van der Waals surface area contributed by atoms with Crippen LogP contribution in [0.25, 0.3) is 0 Å². The minimum absolute atomic E-state index is 0.173. The Kier molecular flexibility index (Phi) is 5.59. The van der Waals surface area contributed by atoms with Crippen LogP contribution < -0.4 is 0 Å². The average Bonchev–Trinajstić information content (AvgIpc) is 3.53. The monoisotopic (exact) mass is 505 g/mol. The normalized spacial score (nSPS) is 42.3. The molecule has 0 aliphatic heterocycles. The van der Waals surface area contributed by atoms with Crippen LogP contribution in [0.2, 0.25) is 0 Å². The van der Waals surface area contributed by atoms with Gasteiger partial charge in [0.25, 0.3) is 0 Å². The number of hydrogen-bond donors (Lipinski definition) is 0. The topological polar surface area (TPSA) is 47.0 Å². The molecule has 3 nitrogen and oxygen atoms in total. The van der Waals surface area contributed by atoms with Crippen molar-refractivity contribution in [2.45, 2.75) is 109 Å². The summed E-state index contributed by atoms with van der Waals surface area (Å²) in [5.41, 5.74) is 3.86. The van der Waals surface area contributed by atoms with Crippen molar-refractivity contribution in [3.63, 3.8) is 0 Å². The molecule has 0 amide bonds. The molecule has 1 heterocycles. The van der Waals surface area contributed by atoms with Gasteiger partial charge in [-0.05, 0) is 134 Å². The summed E-state index contributed by atoms with van der Waals surface area (Å²) in [7, 11) is 0. The number of hydrogen-bond acceptors (Lipinski definition) is 4. The number of nitrogens with zero attached hydrogens (tertiary/aromatic N) is 1. The smallest absolute Gasteiger partial charge is 0.146 e. The lowest BCUT2D eigenvalue weighted by molar-refractivity contribution is -0.162. The van der Waals surface area contributed by atoms with Crippen LogP contribution in [0.15, 0.2) is 17.3 Å². The zero-order valence-corrected chi connectivity index (χ0v) is 23.1. The Hall–Kier alpha value is -1.16. The Morgan fingerprint density at radius 1 is 1.03 bits per heavy atom. The Morgan fingerprint density at radius 3 is 2.69 bits per heavy atom. The standard InChI is InChI=1S/C32H43NO2S/c1-30-13-11-22(34)17-21(30)7-8-24-25-9-10-26(31(25,2)19-32(14-15-32)28(24)30)27(35)18-36-29-23-6-4-3-5-20(23)12-16-33-29/h12,16,21,24-26,28H,3-11,13-15,17-19H2,1-2H3. The van der Waals surface area contributed by atoms with E-state index in [1.807, 2.05) is 6.20 Å². The number of carbonyl (C=O) groups excluding carboxylic acids is 2. The van der Waals surface area contributed by atoms with E-state index >= 15 is 0 Å². The zero-order valence-electron chi connectivity index (χ0n) is 22.3. The lowest BCUT2D eigenvalue weighted by Crippen LogP contribution is -2.58. The first kappa shape index (κ1) is 23.9. The second-order valence-corrected chi connectivity index (χ2v) is 15.1.